The van der Waals surface area contributed by atoms with Crippen LogP contribution in [0.25, 0.3) is 0 Å². The molecule has 0 saturated heterocycles. The molecule has 0 fully saturated rings. The summed E-state index contributed by atoms with van der Waals surface area (Å²) in [6.07, 6.45) is 0. The molecule has 0 bridgehead atoms. The maximum atomic E-state index is 11.0. The van der Waals surface area contributed by atoms with E-state index in [2.05, 4.69) is 0 Å². The minimum atomic E-state index is -1.51. The Balaban J connectivity index is 3.58. The summed E-state index contributed by atoms with van der Waals surface area (Å²) in [5, 5.41) is 21.8. The number of rotatable bonds is 2. The smallest absolute Gasteiger partial charge is 0.0724 e. The third kappa shape index (κ3) is 2.21. The first-order valence-electron chi connectivity index (χ1n) is 4.81. The van der Waals surface area contributed by atoms with Crippen LogP contribution in [-0.4, -0.2) is 11.9 Å². The molecule has 4 heteroatoms. The van der Waals surface area contributed by atoms with Crippen LogP contribution in [0, 0.1) is 0 Å². The van der Waals surface area contributed by atoms with Gasteiger partial charge in [0.15, 0.2) is 0 Å². The monoisotopic (exact) mass is 220 g/mol. The van der Waals surface area contributed by atoms with Gasteiger partial charge in [0, 0.05) is 11.1 Å². The maximum Gasteiger partial charge on any atom is 0.0724 e. The van der Waals surface area contributed by atoms with Crippen molar-refractivity contribution in [3.63, 3.8) is 0 Å². The summed E-state index contributed by atoms with van der Waals surface area (Å²) < 4.78 is 0. The first kappa shape index (κ1) is 12.2. The standard InChI is InChI=1S/C12H14O4/c1-12(2,3)8-6-4-5-7(10(13)14)9(8)11(15)16/h4-6H,1-3H3,(H,13,14)(H,15,16)/p-2. The average molecular weight is 220 g/mol. The van der Waals surface area contributed by atoms with Crippen molar-refractivity contribution in [2.45, 2.75) is 26.2 Å². The van der Waals surface area contributed by atoms with E-state index in [1.807, 2.05) is 0 Å². The van der Waals surface area contributed by atoms with Gasteiger partial charge in [-0.05, 0) is 11.0 Å². The van der Waals surface area contributed by atoms with Crippen LogP contribution < -0.4 is 10.2 Å². The molecule has 0 radical (unpaired) electrons. The summed E-state index contributed by atoms with van der Waals surface area (Å²) in [6.45, 7) is 5.40. The van der Waals surface area contributed by atoms with Gasteiger partial charge in [0.1, 0.15) is 0 Å². The number of carboxylic acids is 2. The second kappa shape index (κ2) is 3.96. The summed E-state index contributed by atoms with van der Waals surface area (Å²) in [5.74, 6) is -3.00. The van der Waals surface area contributed by atoms with E-state index in [-0.39, 0.29) is 11.1 Å². The number of carboxylic acid groups (broad SMARTS) is 2. The zero-order chi connectivity index (χ0) is 12.5. The molecule has 0 saturated carbocycles. The van der Waals surface area contributed by atoms with Crippen molar-refractivity contribution in [3.05, 3.63) is 34.9 Å². The molecule has 0 amide bonds. The van der Waals surface area contributed by atoms with Gasteiger partial charge in [-0.1, -0.05) is 39.0 Å². The average Bonchev–Trinajstić information content (AvgIpc) is 2.14. The number of carbonyl (C=O) groups excluding carboxylic acids is 2. The summed E-state index contributed by atoms with van der Waals surface area (Å²) in [4.78, 5) is 21.8. The van der Waals surface area contributed by atoms with E-state index in [1.54, 1.807) is 26.8 Å². The van der Waals surface area contributed by atoms with Gasteiger partial charge >= 0.3 is 0 Å². The molecule has 0 aliphatic carbocycles. The lowest BCUT2D eigenvalue weighted by molar-refractivity contribution is -0.259. The predicted molar refractivity (Wildman–Crippen MR) is 53.8 cm³/mol. The SMILES string of the molecule is CC(C)(C)c1cccc(C(=O)[O-])c1C(=O)[O-]. The number of benzene rings is 1. The van der Waals surface area contributed by atoms with Gasteiger partial charge in [0.05, 0.1) is 11.9 Å². The molecule has 0 aliphatic heterocycles. The van der Waals surface area contributed by atoms with E-state index >= 15 is 0 Å². The highest BCUT2D eigenvalue weighted by molar-refractivity contribution is 6.01. The molecule has 1 aromatic carbocycles. The normalized spacial score (nSPS) is 11.2. The number of hydrogen-bond acceptors (Lipinski definition) is 4. The number of aromatic carboxylic acids is 2. The number of carbonyl (C=O) groups is 2. The minimum Gasteiger partial charge on any atom is -0.545 e. The van der Waals surface area contributed by atoms with Gasteiger partial charge in [-0.3, -0.25) is 0 Å². The van der Waals surface area contributed by atoms with Gasteiger partial charge in [0.2, 0.25) is 0 Å². The lowest BCUT2D eigenvalue weighted by Crippen LogP contribution is -2.33. The first-order valence-corrected chi connectivity index (χ1v) is 4.81. The van der Waals surface area contributed by atoms with Crippen molar-refractivity contribution < 1.29 is 19.8 Å². The Morgan fingerprint density at radius 2 is 1.62 bits per heavy atom. The number of hydrogen-bond donors (Lipinski definition) is 0. The molecule has 0 atom stereocenters. The van der Waals surface area contributed by atoms with Crippen LogP contribution in [-0.2, 0) is 5.41 Å². The fourth-order valence-corrected chi connectivity index (χ4v) is 1.57. The Bertz CT molecular complexity index is 441. The van der Waals surface area contributed by atoms with Crippen molar-refractivity contribution >= 4 is 11.9 Å². The molecule has 0 N–H and O–H groups in total. The largest absolute Gasteiger partial charge is 0.545 e. The molecule has 1 rings (SSSR count). The van der Waals surface area contributed by atoms with Crippen LogP contribution in [0.1, 0.15) is 47.1 Å². The Morgan fingerprint density at radius 1 is 1.06 bits per heavy atom. The first-order chi connectivity index (χ1) is 7.25. The molecular formula is C12H12O4-2. The van der Waals surface area contributed by atoms with Gasteiger partial charge in [-0.2, -0.15) is 0 Å². The third-order valence-electron chi connectivity index (χ3n) is 2.30. The van der Waals surface area contributed by atoms with Crippen LogP contribution in [0.3, 0.4) is 0 Å². The van der Waals surface area contributed by atoms with E-state index in [4.69, 9.17) is 0 Å². The van der Waals surface area contributed by atoms with Crippen molar-refractivity contribution in [3.8, 4) is 0 Å². The molecule has 0 aromatic heterocycles. The Kier molecular flexibility index (Phi) is 3.03. The van der Waals surface area contributed by atoms with Crippen molar-refractivity contribution in [1.29, 1.82) is 0 Å². The highest BCUT2D eigenvalue weighted by atomic mass is 16.4. The van der Waals surface area contributed by atoms with Gasteiger partial charge in [-0.15, -0.1) is 0 Å². The van der Waals surface area contributed by atoms with Gasteiger partial charge in [0.25, 0.3) is 0 Å². The van der Waals surface area contributed by atoms with Crippen molar-refractivity contribution in [2.24, 2.45) is 0 Å². The van der Waals surface area contributed by atoms with E-state index in [0.717, 1.165) is 0 Å². The lowest BCUT2D eigenvalue weighted by atomic mass is 9.82. The zero-order valence-corrected chi connectivity index (χ0v) is 9.37. The van der Waals surface area contributed by atoms with Crippen LogP contribution >= 0.6 is 0 Å². The van der Waals surface area contributed by atoms with Crippen molar-refractivity contribution in [2.75, 3.05) is 0 Å². The lowest BCUT2D eigenvalue weighted by Gasteiger charge is -2.25. The second-order valence-electron chi connectivity index (χ2n) is 4.55. The zero-order valence-electron chi connectivity index (χ0n) is 9.37. The molecule has 0 unspecified atom stereocenters. The fraction of sp³-hybridized carbons (Fsp3) is 0.333. The third-order valence-corrected chi connectivity index (χ3v) is 2.30. The second-order valence-corrected chi connectivity index (χ2v) is 4.55. The Morgan fingerprint density at radius 3 is 2.00 bits per heavy atom. The molecule has 0 spiro atoms. The molecule has 0 aliphatic rings. The summed E-state index contributed by atoms with van der Waals surface area (Å²) in [6, 6.07) is 4.28. The molecule has 1 aromatic rings. The van der Waals surface area contributed by atoms with Crippen molar-refractivity contribution in [1.82, 2.24) is 0 Å². The summed E-state index contributed by atoms with van der Waals surface area (Å²) >= 11 is 0. The predicted octanol–water partition coefficient (Wildman–Crippen LogP) is -0.289. The van der Waals surface area contributed by atoms with Crippen LogP contribution in [0.5, 0.6) is 0 Å². The maximum absolute atomic E-state index is 11.0. The van der Waals surface area contributed by atoms with Crippen LogP contribution in [0.2, 0.25) is 0 Å². The molecule has 86 valence electrons. The van der Waals surface area contributed by atoms with Crippen LogP contribution in [0.15, 0.2) is 18.2 Å². The molecular weight excluding hydrogens is 208 g/mol. The van der Waals surface area contributed by atoms with E-state index in [9.17, 15) is 19.8 Å². The Labute approximate surface area is 93.5 Å². The highest BCUT2D eigenvalue weighted by Crippen LogP contribution is 2.27. The van der Waals surface area contributed by atoms with Crippen LogP contribution in [0.4, 0.5) is 0 Å². The minimum absolute atomic E-state index is 0.296. The molecule has 0 heterocycles. The van der Waals surface area contributed by atoms with E-state index in [0.29, 0.717) is 5.56 Å². The highest BCUT2D eigenvalue weighted by Gasteiger charge is 2.20. The topological polar surface area (TPSA) is 80.3 Å². The fourth-order valence-electron chi connectivity index (χ4n) is 1.57. The summed E-state index contributed by atoms with van der Waals surface area (Å²) in [5.41, 5.74) is -0.683. The van der Waals surface area contributed by atoms with Gasteiger partial charge in [-0.25, -0.2) is 0 Å². The quantitative estimate of drug-likeness (QED) is 0.686. The van der Waals surface area contributed by atoms with Gasteiger partial charge < -0.3 is 19.8 Å². The molecule has 4 nitrogen and oxygen atoms in total. The molecule has 16 heavy (non-hydrogen) atoms. The van der Waals surface area contributed by atoms with E-state index in [1.165, 1.54) is 12.1 Å². The van der Waals surface area contributed by atoms with E-state index < -0.39 is 17.4 Å². The summed E-state index contributed by atoms with van der Waals surface area (Å²) in [7, 11) is 0. The Hall–Kier alpha value is -1.84.